The van der Waals surface area contributed by atoms with E-state index in [1.54, 1.807) is 18.2 Å². The predicted octanol–water partition coefficient (Wildman–Crippen LogP) is 2.43. The first kappa shape index (κ1) is 18.5. The second kappa shape index (κ2) is 7.91. The summed E-state index contributed by atoms with van der Waals surface area (Å²) in [6.07, 6.45) is 5.28. The lowest BCUT2D eigenvalue weighted by Gasteiger charge is -2.13. The van der Waals surface area contributed by atoms with E-state index in [4.69, 9.17) is 20.5 Å². The van der Waals surface area contributed by atoms with Gasteiger partial charge in [0.15, 0.2) is 5.84 Å². The first-order valence-electron chi connectivity index (χ1n) is 8.67. The first-order chi connectivity index (χ1) is 13.1. The lowest BCUT2D eigenvalue weighted by molar-refractivity contribution is 0.105. The summed E-state index contributed by atoms with van der Waals surface area (Å²) in [6.45, 7) is 0. The summed E-state index contributed by atoms with van der Waals surface area (Å²) in [4.78, 5) is 18.0. The fourth-order valence-electron chi connectivity index (χ4n) is 3.14. The molecule has 140 valence electrons. The number of anilines is 1. The number of carbonyl (C=O) groups is 1. The van der Waals surface area contributed by atoms with Gasteiger partial charge in [-0.3, -0.25) is 9.79 Å². The Bertz CT molecular complexity index is 920. The average Bonchev–Trinajstić information content (AvgIpc) is 3.34. The molecule has 1 saturated carbocycles. The number of Topliss-reactive ketones (excluding diaryl/α,β-unsaturated/α-hetero) is 1. The molecule has 0 atom stereocenters. The molecule has 0 amide bonds. The number of aliphatic imine (C=N–C) groups is 1. The van der Waals surface area contributed by atoms with E-state index in [0.717, 1.165) is 25.7 Å². The molecule has 8 heteroatoms. The summed E-state index contributed by atoms with van der Waals surface area (Å²) in [6, 6.07) is 6.92. The van der Waals surface area contributed by atoms with E-state index in [9.17, 15) is 4.79 Å². The Morgan fingerprint density at radius 3 is 2.67 bits per heavy atom. The third-order valence-corrected chi connectivity index (χ3v) is 4.61. The van der Waals surface area contributed by atoms with Crippen LogP contribution in [0.5, 0.6) is 11.5 Å². The zero-order valence-corrected chi connectivity index (χ0v) is 15.3. The fraction of sp³-hybridized carbons (Fsp3) is 0.368. The number of ether oxygens (including phenoxy) is 2. The number of benzene rings is 1. The van der Waals surface area contributed by atoms with Gasteiger partial charge in [0.1, 0.15) is 28.9 Å². The molecule has 0 spiro atoms. The summed E-state index contributed by atoms with van der Waals surface area (Å²) < 4.78 is 11.8. The summed E-state index contributed by atoms with van der Waals surface area (Å²) in [5.74, 6) is 0.743. The third-order valence-electron chi connectivity index (χ3n) is 4.61. The monoisotopic (exact) mass is 367 g/mol. The molecule has 2 N–H and O–H groups in total. The predicted molar refractivity (Wildman–Crippen MR) is 100 cm³/mol. The van der Waals surface area contributed by atoms with Crippen LogP contribution in [0.1, 0.15) is 41.6 Å². The number of aromatic nitrogens is 2. The number of ketones is 1. The molecule has 0 radical (unpaired) electrons. The minimum absolute atomic E-state index is 0.0299. The fourth-order valence-corrected chi connectivity index (χ4v) is 3.14. The van der Waals surface area contributed by atoms with E-state index in [1.807, 2.05) is 6.07 Å². The minimum atomic E-state index is -0.374. The van der Waals surface area contributed by atoms with Gasteiger partial charge in [-0.2, -0.15) is 15.0 Å². The summed E-state index contributed by atoms with van der Waals surface area (Å²) >= 11 is 0. The Morgan fingerprint density at radius 1 is 1.33 bits per heavy atom. The minimum Gasteiger partial charge on any atom is -0.497 e. The zero-order chi connectivity index (χ0) is 19.4. The number of hydrogen-bond acceptors (Lipinski definition) is 7. The number of methoxy groups -OCH3 is 2. The lowest BCUT2D eigenvalue weighted by Crippen LogP contribution is -2.28. The normalized spacial score (nSPS) is 14.8. The van der Waals surface area contributed by atoms with Crippen LogP contribution in [0.3, 0.4) is 0 Å². The molecule has 1 aromatic carbocycles. The van der Waals surface area contributed by atoms with Crippen LogP contribution >= 0.6 is 0 Å². The smallest absolute Gasteiger partial charge is 0.233 e. The van der Waals surface area contributed by atoms with Crippen molar-refractivity contribution in [2.24, 2.45) is 4.99 Å². The number of nitriles is 1. The van der Waals surface area contributed by atoms with Gasteiger partial charge in [0, 0.05) is 6.07 Å². The van der Waals surface area contributed by atoms with Crippen LogP contribution in [0.25, 0.3) is 0 Å². The highest BCUT2D eigenvalue weighted by molar-refractivity contribution is 6.46. The first-order valence-corrected chi connectivity index (χ1v) is 8.67. The van der Waals surface area contributed by atoms with Crippen LogP contribution in [-0.4, -0.2) is 41.7 Å². The van der Waals surface area contributed by atoms with E-state index in [-0.39, 0.29) is 29.0 Å². The molecule has 1 heterocycles. The molecule has 8 nitrogen and oxygen atoms in total. The highest BCUT2D eigenvalue weighted by atomic mass is 16.5. The summed E-state index contributed by atoms with van der Waals surface area (Å²) in [7, 11) is 3.02. The zero-order valence-electron chi connectivity index (χ0n) is 15.3. The van der Waals surface area contributed by atoms with Crippen molar-refractivity contribution in [1.29, 1.82) is 5.26 Å². The number of nitrogen functional groups attached to an aromatic ring is 1. The van der Waals surface area contributed by atoms with Crippen molar-refractivity contribution in [3.63, 3.8) is 0 Å². The Kier molecular flexibility index (Phi) is 5.41. The molecule has 0 unspecified atom stereocenters. The van der Waals surface area contributed by atoms with E-state index in [2.05, 4.69) is 10.1 Å². The Hall–Kier alpha value is -3.34. The quantitative estimate of drug-likeness (QED) is 0.493. The van der Waals surface area contributed by atoms with Gasteiger partial charge in [-0.15, -0.1) is 0 Å². The van der Waals surface area contributed by atoms with Gasteiger partial charge in [-0.05, 0) is 25.0 Å². The Labute approximate surface area is 157 Å². The maximum Gasteiger partial charge on any atom is 0.233 e. The van der Waals surface area contributed by atoms with Gasteiger partial charge in [-0.1, -0.05) is 12.8 Å². The molecule has 3 rings (SSSR count). The molecular formula is C19H21N5O3. The van der Waals surface area contributed by atoms with Crippen LogP contribution < -0.4 is 15.2 Å². The Balaban J connectivity index is 2.09. The standard InChI is InChI=1S/C19H21N5O3/c1-26-14-7-8-15(16(9-14)27-2)17(25)19(23-13-5-3-4-6-13)24-18(21)12(10-20)11-22-24/h7-9,11,13H,3-6,21H2,1-2H3. The van der Waals surface area contributed by atoms with Crippen LogP contribution in [0, 0.1) is 11.3 Å². The van der Waals surface area contributed by atoms with E-state index >= 15 is 0 Å². The van der Waals surface area contributed by atoms with Gasteiger partial charge in [0.25, 0.3) is 0 Å². The number of nitrogens with zero attached hydrogens (tertiary/aromatic N) is 4. The summed E-state index contributed by atoms with van der Waals surface area (Å²) in [5.41, 5.74) is 6.54. The molecule has 0 bridgehead atoms. The Morgan fingerprint density at radius 2 is 2.07 bits per heavy atom. The molecule has 0 aliphatic heterocycles. The molecule has 1 fully saturated rings. The number of rotatable bonds is 5. The van der Waals surface area contributed by atoms with Gasteiger partial charge in [0.2, 0.25) is 5.78 Å². The second-order valence-corrected chi connectivity index (χ2v) is 6.25. The average molecular weight is 367 g/mol. The van der Waals surface area contributed by atoms with Gasteiger partial charge in [0.05, 0.1) is 32.0 Å². The maximum atomic E-state index is 13.3. The van der Waals surface area contributed by atoms with Crippen LogP contribution in [0.15, 0.2) is 29.4 Å². The van der Waals surface area contributed by atoms with Gasteiger partial charge >= 0.3 is 0 Å². The second-order valence-electron chi connectivity index (χ2n) is 6.25. The van der Waals surface area contributed by atoms with Gasteiger partial charge < -0.3 is 15.2 Å². The number of carbonyl (C=O) groups excluding carboxylic acids is 1. The molecule has 2 aromatic rings. The van der Waals surface area contributed by atoms with Gasteiger partial charge in [-0.25, -0.2) is 0 Å². The molecule has 27 heavy (non-hydrogen) atoms. The van der Waals surface area contributed by atoms with Crippen molar-refractivity contribution in [1.82, 2.24) is 9.78 Å². The van der Waals surface area contributed by atoms with E-state index < -0.39 is 0 Å². The van der Waals surface area contributed by atoms with Crippen molar-refractivity contribution < 1.29 is 14.3 Å². The highest BCUT2D eigenvalue weighted by Crippen LogP contribution is 2.27. The van der Waals surface area contributed by atoms with E-state index in [1.165, 1.54) is 25.1 Å². The molecule has 1 aliphatic rings. The maximum absolute atomic E-state index is 13.3. The van der Waals surface area contributed by atoms with Crippen molar-refractivity contribution in [3.8, 4) is 17.6 Å². The molecular weight excluding hydrogens is 346 g/mol. The number of hydrogen-bond donors (Lipinski definition) is 1. The SMILES string of the molecule is COc1ccc(C(=O)C(=NC2CCCC2)n2ncc(C#N)c2N)c(OC)c1. The summed E-state index contributed by atoms with van der Waals surface area (Å²) in [5, 5.41) is 13.3. The highest BCUT2D eigenvalue weighted by Gasteiger charge is 2.26. The topological polar surface area (TPSA) is 116 Å². The van der Waals surface area contributed by atoms with Crippen LogP contribution in [0.2, 0.25) is 0 Å². The van der Waals surface area contributed by atoms with Crippen molar-refractivity contribution in [3.05, 3.63) is 35.5 Å². The molecule has 1 aromatic heterocycles. The largest absolute Gasteiger partial charge is 0.497 e. The number of nitrogens with two attached hydrogens (primary N) is 1. The molecule has 0 saturated heterocycles. The van der Waals surface area contributed by atoms with Crippen molar-refractivity contribution in [2.75, 3.05) is 20.0 Å². The van der Waals surface area contributed by atoms with Crippen molar-refractivity contribution >= 4 is 17.4 Å². The third kappa shape index (κ3) is 3.62. The lowest BCUT2D eigenvalue weighted by atomic mass is 10.1. The molecule has 1 aliphatic carbocycles. The van der Waals surface area contributed by atoms with Crippen molar-refractivity contribution in [2.45, 2.75) is 31.7 Å². The van der Waals surface area contributed by atoms with Crippen LogP contribution in [0.4, 0.5) is 5.82 Å². The van der Waals surface area contributed by atoms with E-state index in [0.29, 0.717) is 17.1 Å². The van der Waals surface area contributed by atoms with Crippen LogP contribution in [-0.2, 0) is 0 Å².